The number of alkyl halides is 1. The largest absolute Gasteiger partial charge is 0.348 e. The molecule has 202 valence electrons. The van der Waals surface area contributed by atoms with Crippen LogP contribution in [0, 0.1) is 0 Å². The molecule has 1 aliphatic heterocycles. The van der Waals surface area contributed by atoms with E-state index >= 15 is 0 Å². The number of hydrogen-bond donors (Lipinski definition) is 3. The molecule has 3 amide bonds. The van der Waals surface area contributed by atoms with Crippen LogP contribution >= 0.6 is 24.4 Å². The van der Waals surface area contributed by atoms with E-state index in [-0.39, 0.29) is 24.8 Å². The highest BCUT2D eigenvalue weighted by Gasteiger charge is 2.53. The smallest absolute Gasteiger partial charge is 0.258 e. The molecule has 3 atom stereocenters. The number of amides is 3. The highest BCUT2D eigenvalue weighted by atomic mass is 32.2. The summed E-state index contributed by atoms with van der Waals surface area (Å²) in [5.41, 5.74) is 2.72. The number of aliphatic imine (C=N–C) groups is 1. The maximum Gasteiger partial charge on any atom is 0.258 e. The molecule has 1 aliphatic carbocycles. The Labute approximate surface area is 228 Å². The van der Waals surface area contributed by atoms with E-state index in [1.54, 1.807) is 19.4 Å². The van der Waals surface area contributed by atoms with E-state index in [9.17, 15) is 18.8 Å². The molecular formula is C27H37FN4O3S2. The monoisotopic (exact) mass is 548 g/mol. The van der Waals surface area contributed by atoms with Crippen LogP contribution in [0.5, 0.6) is 0 Å². The molecule has 3 rings (SSSR count). The second-order valence-electron chi connectivity index (χ2n) is 10.4. The van der Waals surface area contributed by atoms with Crippen LogP contribution < -0.4 is 10.6 Å². The molecule has 1 saturated carbocycles. The van der Waals surface area contributed by atoms with Crippen LogP contribution in [0.3, 0.4) is 0 Å². The van der Waals surface area contributed by atoms with Crippen molar-refractivity contribution in [2.75, 3.05) is 12.8 Å². The first-order valence-electron chi connectivity index (χ1n) is 12.5. The van der Waals surface area contributed by atoms with Crippen LogP contribution in [-0.4, -0.2) is 63.5 Å². The highest BCUT2D eigenvalue weighted by Crippen LogP contribution is 2.40. The number of benzene rings is 1. The first-order valence-corrected chi connectivity index (χ1v) is 14.3. The van der Waals surface area contributed by atoms with E-state index in [4.69, 9.17) is 0 Å². The number of nitrogens with one attached hydrogen (secondary N) is 2. The summed E-state index contributed by atoms with van der Waals surface area (Å²) < 4.78 is 13.4. The predicted molar refractivity (Wildman–Crippen MR) is 151 cm³/mol. The van der Waals surface area contributed by atoms with E-state index < -0.39 is 34.3 Å². The van der Waals surface area contributed by atoms with Crippen molar-refractivity contribution in [3.63, 3.8) is 0 Å². The topological polar surface area (TPSA) is 90.9 Å². The average molecular weight is 549 g/mol. The Morgan fingerprint density at radius 2 is 1.89 bits per heavy atom. The summed E-state index contributed by atoms with van der Waals surface area (Å²) >= 11 is 6.04. The van der Waals surface area contributed by atoms with E-state index in [0.717, 1.165) is 16.8 Å². The fraction of sp³-hybridized carbons (Fsp3) is 0.556. The Balaban J connectivity index is 1.66. The molecule has 0 radical (unpaired) electrons. The molecule has 7 nitrogen and oxygen atoms in total. The summed E-state index contributed by atoms with van der Waals surface area (Å²) in [7, 11) is 0. The number of rotatable bonds is 10. The lowest BCUT2D eigenvalue weighted by atomic mass is 10.00. The van der Waals surface area contributed by atoms with Crippen molar-refractivity contribution in [2.45, 2.75) is 81.9 Å². The highest BCUT2D eigenvalue weighted by molar-refractivity contribution is 8.11. The quantitative estimate of drug-likeness (QED) is 0.231. The third-order valence-corrected chi connectivity index (χ3v) is 7.27. The van der Waals surface area contributed by atoms with Crippen molar-refractivity contribution < 1.29 is 18.8 Å². The third kappa shape index (κ3) is 7.60. The number of halogens is 1. The number of hydrogen-bond acceptors (Lipinski definition) is 6. The van der Waals surface area contributed by atoms with Gasteiger partial charge in [-0.2, -0.15) is 12.6 Å². The van der Waals surface area contributed by atoms with Gasteiger partial charge in [0, 0.05) is 17.0 Å². The standard InChI is InChI=1S/C27H37FN4O3S2/c1-17(29-16-37-5)15-19-8-10-20(11-9-19)18(2)30-23(33)21-7-6-14-32(21)24(34)22(26(3,4)36)31-25(35)27(28)12-13-27/h8-11,15-16,18,21-22,36H,6-7,12-14H2,1-5H3,(H,30,33)(H,31,35)/b17-15+,29-16?. The van der Waals surface area contributed by atoms with Gasteiger partial charge in [0.1, 0.15) is 12.1 Å². The average Bonchev–Trinajstić information content (AvgIpc) is 3.39. The lowest BCUT2D eigenvalue weighted by molar-refractivity contribution is -0.143. The summed E-state index contributed by atoms with van der Waals surface area (Å²) in [6, 6.07) is 5.88. The Hall–Kier alpha value is -2.33. The lowest BCUT2D eigenvalue weighted by Crippen LogP contribution is -2.60. The van der Waals surface area contributed by atoms with Crippen molar-refractivity contribution >= 4 is 53.7 Å². The maximum atomic E-state index is 14.3. The van der Waals surface area contributed by atoms with Crippen LogP contribution in [0.2, 0.25) is 0 Å². The molecular weight excluding hydrogens is 511 g/mol. The number of carbonyl (C=O) groups is 3. The van der Waals surface area contributed by atoms with Gasteiger partial charge in [-0.25, -0.2) is 4.39 Å². The number of nitrogens with zero attached hydrogens (tertiary/aromatic N) is 2. The molecule has 1 aromatic rings. The minimum atomic E-state index is -1.90. The zero-order valence-electron chi connectivity index (χ0n) is 22.1. The SMILES string of the molecule is CSC=N/C(C)=C/c1ccc(C(C)NC(=O)C2CCCN2C(=O)C(NC(=O)C2(F)CC2)C(C)(C)S)cc1. The molecule has 10 heteroatoms. The molecule has 2 aliphatic rings. The number of thiol groups is 1. The van der Waals surface area contributed by atoms with Gasteiger partial charge in [-0.1, -0.05) is 24.3 Å². The summed E-state index contributed by atoms with van der Waals surface area (Å²) in [6.07, 6.45) is 5.43. The second-order valence-corrected chi connectivity index (χ2v) is 12.2. The summed E-state index contributed by atoms with van der Waals surface area (Å²) in [4.78, 5) is 44.9. The Kier molecular flexibility index (Phi) is 9.50. The van der Waals surface area contributed by atoms with Gasteiger partial charge in [-0.15, -0.1) is 11.8 Å². The molecule has 0 bridgehead atoms. The first-order chi connectivity index (χ1) is 17.4. The van der Waals surface area contributed by atoms with E-state index in [1.807, 2.05) is 50.4 Å². The summed E-state index contributed by atoms with van der Waals surface area (Å²) in [5, 5.41) is 5.59. The Morgan fingerprint density at radius 3 is 2.46 bits per heavy atom. The molecule has 2 fully saturated rings. The van der Waals surface area contributed by atoms with E-state index in [1.165, 1.54) is 16.7 Å². The molecule has 1 aromatic carbocycles. The Bertz CT molecular complexity index is 1060. The maximum absolute atomic E-state index is 14.3. The normalized spacial score (nSPS) is 21.0. The zero-order chi connectivity index (χ0) is 27.4. The van der Waals surface area contributed by atoms with Crippen molar-refractivity contribution in [3.8, 4) is 0 Å². The van der Waals surface area contributed by atoms with Crippen LogP contribution in [0.1, 0.15) is 70.5 Å². The molecule has 1 saturated heterocycles. The van der Waals surface area contributed by atoms with Gasteiger partial charge in [0.05, 0.1) is 11.6 Å². The molecule has 0 spiro atoms. The molecule has 1 heterocycles. The first kappa shape index (κ1) is 29.2. The summed E-state index contributed by atoms with van der Waals surface area (Å²) in [6.45, 7) is 7.61. The van der Waals surface area contributed by atoms with Gasteiger partial charge in [-0.3, -0.25) is 19.4 Å². The van der Waals surface area contributed by atoms with E-state index in [2.05, 4.69) is 28.3 Å². The van der Waals surface area contributed by atoms with Gasteiger partial charge in [0.15, 0.2) is 5.67 Å². The number of thioether (sulfide) groups is 1. The third-order valence-electron chi connectivity index (χ3n) is 6.70. The minimum absolute atomic E-state index is 0.155. The van der Waals surface area contributed by atoms with Gasteiger partial charge in [0.2, 0.25) is 11.8 Å². The van der Waals surface area contributed by atoms with E-state index in [0.29, 0.717) is 19.4 Å². The van der Waals surface area contributed by atoms with Gasteiger partial charge >= 0.3 is 0 Å². The second kappa shape index (κ2) is 12.0. The Morgan fingerprint density at radius 1 is 1.24 bits per heavy atom. The molecule has 3 unspecified atom stereocenters. The zero-order valence-corrected chi connectivity index (χ0v) is 23.8. The summed E-state index contributed by atoms with van der Waals surface area (Å²) in [5.74, 6) is -1.46. The molecule has 0 aromatic heterocycles. The number of likely N-dealkylation sites (tertiary alicyclic amines) is 1. The molecule has 2 N–H and O–H groups in total. The van der Waals surface area contributed by atoms with Crippen molar-refractivity contribution in [3.05, 3.63) is 41.1 Å². The van der Waals surface area contributed by atoms with Crippen molar-refractivity contribution in [1.82, 2.24) is 15.5 Å². The fourth-order valence-corrected chi connectivity index (χ4v) is 4.74. The van der Waals surface area contributed by atoms with Crippen LogP contribution in [0.25, 0.3) is 6.08 Å². The van der Waals surface area contributed by atoms with Crippen LogP contribution in [0.4, 0.5) is 4.39 Å². The lowest BCUT2D eigenvalue weighted by Gasteiger charge is -2.35. The minimum Gasteiger partial charge on any atom is -0.348 e. The fourth-order valence-electron chi connectivity index (χ4n) is 4.29. The van der Waals surface area contributed by atoms with Gasteiger partial charge in [0.25, 0.3) is 5.91 Å². The van der Waals surface area contributed by atoms with Crippen LogP contribution in [-0.2, 0) is 14.4 Å². The number of carbonyl (C=O) groups excluding carboxylic acids is 3. The van der Waals surface area contributed by atoms with Gasteiger partial charge in [-0.05, 0) is 76.8 Å². The van der Waals surface area contributed by atoms with Crippen molar-refractivity contribution in [2.24, 2.45) is 4.99 Å². The van der Waals surface area contributed by atoms with Crippen LogP contribution in [0.15, 0.2) is 35.0 Å². The number of allylic oxidation sites excluding steroid dienone is 1. The van der Waals surface area contributed by atoms with Gasteiger partial charge < -0.3 is 15.5 Å². The molecule has 37 heavy (non-hydrogen) atoms. The van der Waals surface area contributed by atoms with Crippen molar-refractivity contribution in [1.29, 1.82) is 0 Å². The predicted octanol–water partition coefficient (Wildman–Crippen LogP) is 4.30.